The van der Waals surface area contributed by atoms with Crippen molar-refractivity contribution in [2.45, 2.75) is 30.1 Å². The van der Waals surface area contributed by atoms with E-state index in [1.165, 1.54) is 11.2 Å². The summed E-state index contributed by atoms with van der Waals surface area (Å²) in [5, 5.41) is 5.60. The normalized spacial score (nSPS) is 16.0. The van der Waals surface area contributed by atoms with Crippen molar-refractivity contribution in [3.05, 3.63) is 52.9 Å². The van der Waals surface area contributed by atoms with Gasteiger partial charge in [0.1, 0.15) is 4.21 Å². The molecule has 1 aliphatic heterocycles. The van der Waals surface area contributed by atoms with Crippen molar-refractivity contribution in [1.82, 2.24) is 14.9 Å². The number of nitrogens with one attached hydrogen (secondary N) is 2. The number of carbonyl (C=O) groups is 2. The van der Waals surface area contributed by atoms with E-state index in [-0.39, 0.29) is 29.0 Å². The van der Waals surface area contributed by atoms with Crippen LogP contribution >= 0.6 is 11.3 Å². The summed E-state index contributed by atoms with van der Waals surface area (Å²) in [5.74, 6) is -0.448. The Balaban J connectivity index is 1.58. The SMILES string of the molecule is CC(=O)NC(CC(=O)NCc1ccc(S(=O)(=O)N2CCOCC2)s1)c1ccccc1. The van der Waals surface area contributed by atoms with Crippen LogP contribution in [0.1, 0.15) is 29.8 Å². The first-order valence-corrected chi connectivity index (χ1v) is 11.9. The van der Waals surface area contributed by atoms with Crippen LogP contribution in [-0.2, 0) is 30.9 Å². The van der Waals surface area contributed by atoms with Gasteiger partial charge >= 0.3 is 0 Å². The minimum atomic E-state index is -3.54. The number of rotatable bonds is 8. The Morgan fingerprint density at radius 3 is 2.50 bits per heavy atom. The second-order valence-electron chi connectivity index (χ2n) is 6.88. The summed E-state index contributed by atoms with van der Waals surface area (Å²) in [7, 11) is -3.54. The van der Waals surface area contributed by atoms with Gasteiger partial charge in [-0.1, -0.05) is 30.3 Å². The maximum atomic E-state index is 12.7. The van der Waals surface area contributed by atoms with Gasteiger partial charge in [-0.05, 0) is 17.7 Å². The van der Waals surface area contributed by atoms with Crippen LogP contribution in [0.25, 0.3) is 0 Å². The van der Waals surface area contributed by atoms with Crippen molar-refractivity contribution in [2.24, 2.45) is 0 Å². The number of amides is 2. The van der Waals surface area contributed by atoms with E-state index in [0.717, 1.165) is 21.8 Å². The lowest BCUT2D eigenvalue weighted by molar-refractivity contribution is -0.122. The average Bonchev–Trinajstić information content (AvgIpc) is 3.23. The third-order valence-electron chi connectivity index (χ3n) is 4.63. The van der Waals surface area contributed by atoms with E-state index in [1.807, 2.05) is 30.3 Å². The second-order valence-corrected chi connectivity index (χ2v) is 10.2. The number of carbonyl (C=O) groups excluding carboxylic acids is 2. The van der Waals surface area contributed by atoms with E-state index >= 15 is 0 Å². The molecule has 1 aromatic heterocycles. The Hall–Kier alpha value is -2.27. The Kier molecular flexibility index (Phi) is 7.59. The fraction of sp³-hybridized carbons (Fsp3) is 0.400. The average molecular weight is 452 g/mol. The Morgan fingerprint density at radius 2 is 1.83 bits per heavy atom. The molecule has 0 spiro atoms. The van der Waals surface area contributed by atoms with Crippen LogP contribution in [0, 0.1) is 0 Å². The molecule has 2 aromatic rings. The summed E-state index contributed by atoms with van der Waals surface area (Å²) >= 11 is 1.15. The summed E-state index contributed by atoms with van der Waals surface area (Å²) < 4.78 is 32.3. The minimum Gasteiger partial charge on any atom is -0.379 e. The van der Waals surface area contributed by atoms with Gasteiger partial charge in [-0.3, -0.25) is 9.59 Å². The zero-order valence-corrected chi connectivity index (χ0v) is 18.3. The topological polar surface area (TPSA) is 105 Å². The number of nitrogens with zero attached hydrogens (tertiary/aromatic N) is 1. The fourth-order valence-corrected chi connectivity index (χ4v) is 5.99. The molecule has 1 saturated heterocycles. The summed E-state index contributed by atoms with van der Waals surface area (Å²) in [4.78, 5) is 24.7. The van der Waals surface area contributed by atoms with Crippen LogP contribution in [0.4, 0.5) is 0 Å². The lowest BCUT2D eigenvalue weighted by atomic mass is 10.0. The number of benzene rings is 1. The third-order valence-corrected chi connectivity index (χ3v) is 8.08. The Morgan fingerprint density at radius 1 is 1.13 bits per heavy atom. The van der Waals surface area contributed by atoms with E-state index in [4.69, 9.17) is 4.74 Å². The largest absolute Gasteiger partial charge is 0.379 e. The van der Waals surface area contributed by atoms with Crippen molar-refractivity contribution in [1.29, 1.82) is 0 Å². The highest BCUT2D eigenvalue weighted by Crippen LogP contribution is 2.25. The molecular formula is C20H25N3O5S2. The molecule has 0 bridgehead atoms. The molecule has 1 fully saturated rings. The van der Waals surface area contributed by atoms with Gasteiger partial charge in [0.2, 0.25) is 11.8 Å². The van der Waals surface area contributed by atoms with Gasteiger partial charge < -0.3 is 15.4 Å². The van der Waals surface area contributed by atoms with Crippen LogP contribution in [0.2, 0.25) is 0 Å². The Bertz CT molecular complexity index is 969. The Labute approximate surface area is 180 Å². The van der Waals surface area contributed by atoms with Crippen molar-refractivity contribution in [3.8, 4) is 0 Å². The van der Waals surface area contributed by atoms with Crippen molar-refractivity contribution in [2.75, 3.05) is 26.3 Å². The monoisotopic (exact) mass is 451 g/mol. The summed E-state index contributed by atoms with van der Waals surface area (Å²) in [6, 6.07) is 12.1. The van der Waals surface area contributed by atoms with Gasteiger partial charge in [0, 0.05) is 24.9 Å². The predicted molar refractivity (Wildman–Crippen MR) is 113 cm³/mol. The summed E-state index contributed by atoms with van der Waals surface area (Å²) in [6.45, 7) is 3.11. The van der Waals surface area contributed by atoms with Crippen LogP contribution in [-0.4, -0.2) is 50.8 Å². The highest BCUT2D eigenvalue weighted by atomic mass is 32.2. The number of hydrogen-bond donors (Lipinski definition) is 2. The predicted octanol–water partition coefficient (Wildman–Crippen LogP) is 1.65. The molecule has 1 aromatic carbocycles. The van der Waals surface area contributed by atoms with E-state index in [2.05, 4.69) is 10.6 Å². The molecule has 1 aliphatic rings. The molecule has 3 rings (SSSR count). The smallest absolute Gasteiger partial charge is 0.252 e. The molecule has 8 nitrogen and oxygen atoms in total. The zero-order chi connectivity index (χ0) is 21.6. The zero-order valence-electron chi connectivity index (χ0n) is 16.7. The van der Waals surface area contributed by atoms with Crippen LogP contribution in [0.15, 0.2) is 46.7 Å². The molecule has 0 radical (unpaired) electrons. The second kappa shape index (κ2) is 10.2. The number of sulfonamides is 1. The molecular weight excluding hydrogens is 426 g/mol. The summed E-state index contributed by atoms with van der Waals surface area (Å²) in [6.07, 6.45) is 0.0912. The lowest BCUT2D eigenvalue weighted by Gasteiger charge is -2.25. The quantitative estimate of drug-likeness (QED) is 0.635. The molecule has 10 heteroatoms. The first kappa shape index (κ1) is 22.4. The highest BCUT2D eigenvalue weighted by molar-refractivity contribution is 7.91. The number of ether oxygens (including phenoxy) is 1. The van der Waals surface area contributed by atoms with E-state index < -0.39 is 16.1 Å². The highest BCUT2D eigenvalue weighted by Gasteiger charge is 2.27. The third kappa shape index (κ3) is 5.88. The van der Waals surface area contributed by atoms with Crippen molar-refractivity contribution >= 4 is 33.2 Å². The van der Waals surface area contributed by atoms with E-state index in [9.17, 15) is 18.0 Å². The van der Waals surface area contributed by atoms with Gasteiger partial charge in [-0.25, -0.2) is 8.42 Å². The van der Waals surface area contributed by atoms with Gasteiger partial charge in [-0.15, -0.1) is 11.3 Å². The molecule has 1 atom stereocenters. The number of morpholine rings is 1. The number of hydrogen-bond acceptors (Lipinski definition) is 6. The first-order valence-electron chi connectivity index (χ1n) is 9.61. The molecule has 2 amide bonds. The molecule has 1 unspecified atom stereocenters. The molecule has 0 aliphatic carbocycles. The molecule has 2 heterocycles. The van der Waals surface area contributed by atoms with Gasteiger partial charge in [0.05, 0.1) is 32.2 Å². The maximum absolute atomic E-state index is 12.7. The van der Waals surface area contributed by atoms with Gasteiger partial charge in [0.15, 0.2) is 0 Å². The van der Waals surface area contributed by atoms with Gasteiger partial charge in [-0.2, -0.15) is 4.31 Å². The standard InChI is InChI=1S/C20H25N3O5S2/c1-15(24)22-18(16-5-3-2-4-6-16)13-19(25)21-14-17-7-8-20(29-17)30(26,27)23-9-11-28-12-10-23/h2-8,18H,9-14H2,1H3,(H,21,25)(H,22,24). The van der Waals surface area contributed by atoms with E-state index in [1.54, 1.807) is 12.1 Å². The summed E-state index contributed by atoms with van der Waals surface area (Å²) in [5.41, 5.74) is 0.845. The first-order chi connectivity index (χ1) is 14.4. The molecule has 30 heavy (non-hydrogen) atoms. The lowest BCUT2D eigenvalue weighted by Crippen LogP contribution is -2.40. The fourth-order valence-electron chi connectivity index (χ4n) is 3.13. The molecule has 2 N–H and O–H groups in total. The molecule has 0 saturated carbocycles. The number of thiophene rings is 1. The van der Waals surface area contributed by atoms with Crippen LogP contribution in [0.5, 0.6) is 0 Å². The van der Waals surface area contributed by atoms with Gasteiger partial charge in [0.25, 0.3) is 10.0 Å². The minimum absolute atomic E-state index is 0.0912. The maximum Gasteiger partial charge on any atom is 0.252 e. The van der Waals surface area contributed by atoms with Crippen LogP contribution < -0.4 is 10.6 Å². The van der Waals surface area contributed by atoms with Crippen LogP contribution in [0.3, 0.4) is 0 Å². The van der Waals surface area contributed by atoms with E-state index in [0.29, 0.717) is 26.3 Å². The van der Waals surface area contributed by atoms with Crippen molar-refractivity contribution in [3.63, 3.8) is 0 Å². The van der Waals surface area contributed by atoms with Crippen molar-refractivity contribution < 1.29 is 22.7 Å². The molecule has 162 valence electrons.